The van der Waals surface area contributed by atoms with Crippen molar-refractivity contribution in [1.82, 2.24) is 14.8 Å². The Kier molecular flexibility index (Phi) is 10.7. The molecule has 2 aromatic carbocycles. The average molecular weight is 648 g/mol. The van der Waals surface area contributed by atoms with E-state index in [-0.39, 0.29) is 30.1 Å². The van der Waals surface area contributed by atoms with E-state index in [9.17, 15) is 14.7 Å². The highest BCUT2D eigenvalue weighted by atomic mass is 35.5. The summed E-state index contributed by atoms with van der Waals surface area (Å²) in [7, 11) is 3.87. The Morgan fingerprint density at radius 2 is 1.76 bits per heavy atom. The van der Waals surface area contributed by atoms with Crippen LogP contribution in [0.25, 0.3) is 0 Å². The maximum atomic E-state index is 13.4. The second-order valence-electron chi connectivity index (χ2n) is 12.7. The third-order valence-corrected chi connectivity index (χ3v) is 9.31. The molecule has 10 heteroatoms. The average Bonchev–Trinajstić information content (AvgIpc) is 3.39. The van der Waals surface area contributed by atoms with Gasteiger partial charge >= 0.3 is 0 Å². The van der Waals surface area contributed by atoms with Crippen molar-refractivity contribution >= 4 is 34.9 Å². The van der Waals surface area contributed by atoms with Crippen molar-refractivity contribution in [2.75, 3.05) is 43.7 Å². The largest absolute Gasteiger partial charge is 0.504 e. The molecule has 1 atom stereocenters. The van der Waals surface area contributed by atoms with Gasteiger partial charge in [-0.3, -0.25) is 19.4 Å². The number of benzene rings is 2. The molecule has 1 aromatic heterocycles. The number of pyridine rings is 1. The Bertz CT molecular complexity index is 1510. The van der Waals surface area contributed by atoms with Crippen molar-refractivity contribution in [1.29, 1.82) is 0 Å². The van der Waals surface area contributed by atoms with Crippen LogP contribution < -0.4 is 14.5 Å². The van der Waals surface area contributed by atoms with E-state index >= 15 is 0 Å². The van der Waals surface area contributed by atoms with Crippen LogP contribution in [0, 0.1) is 0 Å². The fourth-order valence-electron chi connectivity index (χ4n) is 6.48. The molecule has 6 rings (SSSR count). The van der Waals surface area contributed by atoms with Crippen LogP contribution >= 0.6 is 11.6 Å². The third-order valence-electron chi connectivity index (χ3n) is 9.06. The fourth-order valence-corrected chi connectivity index (χ4v) is 6.60. The van der Waals surface area contributed by atoms with Gasteiger partial charge in [0.1, 0.15) is 5.82 Å². The van der Waals surface area contributed by atoms with Crippen LogP contribution in [0.2, 0.25) is 5.02 Å². The summed E-state index contributed by atoms with van der Waals surface area (Å²) in [4.78, 5) is 37.3. The molecule has 0 spiro atoms. The predicted molar refractivity (Wildman–Crippen MR) is 183 cm³/mol. The zero-order chi connectivity index (χ0) is 33.0. The monoisotopic (exact) mass is 647 g/mol. The molecule has 1 unspecified atom stereocenters. The molecular formula is C36H46ClN5O4. The van der Waals surface area contributed by atoms with Gasteiger partial charge in [0.05, 0.1) is 43.7 Å². The maximum Gasteiger partial charge on any atom is 0.237 e. The maximum absolute atomic E-state index is 13.4. The van der Waals surface area contributed by atoms with E-state index in [1.807, 2.05) is 80.2 Å². The highest BCUT2D eigenvalue weighted by Gasteiger charge is 2.36. The van der Waals surface area contributed by atoms with Crippen molar-refractivity contribution in [3.8, 4) is 11.5 Å². The van der Waals surface area contributed by atoms with E-state index in [1.165, 1.54) is 32.1 Å². The van der Waals surface area contributed by atoms with Crippen LogP contribution in [-0.4, -0.2) is 77.7 Å². The van der Waals surface area contributed by atoms with Crippen LogP contribution in [0.15, 0.2) is 54.7 Å². The Hall–Kier alpha value is -3.82. The van der Waals surface area contributed by atoms with Crippen molar-refractivity contribution < 1.29 is 19.4 Å². The number of hydrogen-bond donors (Lipinski definition) is 1. The van der Waals surface area contributed by atoms with Crippen LogP contribution in [-0.2, 0) is 16.0 Å². The SMILES string of the molecule is CCN(C)c1ccc(N2C(=O)Cc3cc(O)c(OC(C)C)cc3C2c2ccc(Cl)cc2)cn1.CN1CN(C2CCCCC2)CC1=O. The molecular weight excluding hydrogens is 602 g/mol. The first-order chi connectivity index (χ1) is 22.0. The minimum Gasteiger partial charge on any atom is -0.504 e. The molecule has 46 heavy (non-hydrogen) atoms. The van der Waals surface area contributed by atoms with Gasteiger partial charge in [0.2, 0.25) is 11.8 Å². The predicted octanol–water partition coefficient (Wildman–Crippen LogP) is 6.41. The second-order valence-corrected chi connectivity index (χ2v) is 13.2. The minimum absolute atomic E-state index is 0.0344. The quantitative estimate of drug-likeness (QED) is 0.317. The van der Waals surface area contributed by atoms with Crippen LogP contribution in [0.5, 0.6) is 11.5 Å². The topological polar surface area (TPSA) is 89.4 Å². The van der Waals surface area contributed by atoms with E-state index in [0.717, 1.165) is 35.7 Å². The molecule has 3 aliphatic rings. The van der Waals surface area contributed by atoms with E-state index in [1.54, 1.807) is 17.2 Å². The number of carbonyl (C=O) groups excluding carboxylic acids is 2. The number of phenols is 1. The number of hydrogen-bond acceptors (Lipinski definition) is 7. The molecule has 1 aliphatic carbocycles. The number of aromatic hydroxyl groups is 1. The highest BCUT2D eigenvalue weighted by Crippen LogP contribution is 2.43. The lowest BCUT2D eigenvalue weighted by molar-refractivity contribution is -0.125. The Morgan fingerprint density at radius 1 is 1.04 bits per heavy atom. The zero-order valence-corrected chi connectivity index (χ0v) is 28.3. The summed E-state index contributed by atoms with van der Waals surface area (Å²) >= 11 is 6.15. The summed E-state index contributed by atoms with van der Waals surface area (Å²) in [5.74, 6) is 1.48. The standard InChI is InChI=1S/C26H28ClN3O3.C10H18N2O/c1-5-29(4)24-11-10-20(15-28-24)30-25(32)13-18-12-22(31)23(33-16(2)3)14-21(18)26(30)17-6-8-19(27)9-7-17;1-11-8-12(7-10(11)13)9-5-3-2-4-6-9/h6-12,14-16,26,31H,5,13H2,1-4H3;9H,2-8H2,1H3. The number of aromatic nitrogens is 1. The van der Waals surface area contributed by atoms with E-state index < -0.39 is 6.04 Å². The molecule has 2 aliphatic heterocycles. The number of amides is 2. The Balaban J connectivity index is 0.000000266. The molecule has 2 amide bonds. The van der Waals surface area contributed by atoms with Gasteiger partial charge < -0.3 is 19.6 Å². The van der Waals surface area contributed by atoms with Gasteiger partial charge in [0, 0.05) is 31.7 Å². The molecule has 1 saturated carbocycles. The second kappa shape index (κ2) is 14.7. The van der Waals surface area contributed by atoms with Crippen LogP contribution in [0.4, 0.5) is 11.5 Å². The van der Waals surface area contributed by atoms with Gasteiger partial charge in [-0.1, -0.05) is 43.0 Å². The molecule has 1 N–H and O–H groups in total. The number of ether oxygens (including phenoxy) is 1. The molecule has 9 nitrogen and oxygen atoms in total. The van der Waals surface area contributed by atoms with Crippen molar-refractivity contribution in [2.24, 2.45) is 0 Å². The van der Waals surface area contributed by atoms with Crippen LogP contribution in [0.1, 0.15) is 75.6 Å². The molecule has 246 valence electrons. The summed E-state index contributed by atoms with van der Waals surface area (Å²) in [6.45, 7) is 8.21. The number of carbonyl (C=O) groups is 2. The van der Waals surface area contributed by atoms with E-state index in [0.29, 0.717) is 29.0 Å². The number of likely N-dealkylation sites (N-methyl/N-ethyl adjacent to an activating group) is 1. The number of rotatable bonds is 7. The van der Waals surface area contributed by atoms with E-state index in [4.69, 9.17) is 16.3 Å². The number of anilines is 2. The molecule has 1 saturated heterocycles. The number of halogens is 1. The molecule has 3 aromatic rings. The van der Waals surface area contributed by atoms with Crippen molar-refractivity contribution in [3.05, 3.63) is 76.4 Å². The number of phenolic OH excluding ortho intramolecular Hbond substituents is 1. The lowest BCUT2D eigenvalue weighted by Gasteiger charge is -2.38. The summed E-state index contributed by atoms with van der Waals surface area (Å²) in [5.41, 5.74) is 3.29. The van der Waals surface area contributed by atoms with Gasteiger partial charge in [-0.25, -0.2) is 4.98 Å². The summed E-state index contributed by atoms with van der Waals surface area (Å²) in [6, 6.07) is 15.1. The fraction of sp³-hybridized carbons (Fsp3) is 0.472. The summed E-state index contributed by atoms with van der Waals surface area (Å²) in [6.07, 6.45) is 8.47. The third kappa shape index (κ3) is 7.58. The van der Waals surface area contributed by atoms with Crippen molar-refractivity contribution in [3.63, 3.8) is 0 Å². The molecule has 3 heterocycles. The molecule has 2 fully saturated rings. The van der Waals surface area contributed by atoms with Crippen LogP contribution in [0.3, 0.4) is 0 Å². The van der Waals surface area contributed by atoms with E-state index in [2.05, 4.69) is 16.8 Å². The van der Waals surface area contributed by atoms with Gasteiger partial charge in [-0.2, -0.15) is 0 Å². The minimum atomic E-state index is -0.412. The first kappa shape index (κ1) is 33.5. The van der Waals surface area contributed by atoms with Gasteiger partial charge in [-0.05, 0) is 86.7 Å². The van der Waals surface area contributed by atoms with Gasteiger partial charge in [0.15, 0.2) is 11.5 Å². The normalized spacial score (nSPS) is 18.8. The molecule has 0 bridgehead atoms. The van der Waals surface area contributed by atoms with Gasteiger partial charge in [-0.15, -0.1) is 0 Å². The highest BCUT2D eigenvalue weighted by molar-refractivity contribution is 6.30. The smallest absolute Gasteiger partial charge is 0.237 e. The molecule has 0 radical (unpaired) electrons. The number of fused-ring (bicyclic) bond motifs is 1. The zero-order valence-electron chi connectivity index (χ0n) is 27.6. The van der Waals surface area contributed by atoms with Crippen molar-refractivity contribution in [2.45, 2.75) is 77.5 Å². The Morgan fingerprint density at radius 3 is 2.35 bits per heavy atom. The van der Waals surface area contributed by atoms with Gasteiger partial charge in [0.25, 0.3) is 0 Å². The number of nitrogens with zero attached hydrogens (tertiary/aromatic N) is 5. The lowest BCUT2D eigenvalue weighted by Crippen LogP contribution is -2.41. The first-order valence-corrected chi connectivity index (χ1v) is 16.7. The first-order valence-electron chi connectivity index (χ1n) is 16.3. The Labute approximate surface area is 277 Å². The summed E-state index contributed by atoms with van der Waals surface area (Å²) < 4.78 is 5.84. The lowest BCUT2D eigenvalue weighted by atomic mass is 9.87. The summed E-state index contributed by atoms with van der Waals surface area (Å²) in [5, 5.41) is 11.1.